The van der Waals surface area contributed by atoms with Gasteiger partial charge >= 0.3 is 0 Å². The molecule has 0 fully saturated rings. The first-order valence-electron chi connectivity index (χ1n) is 7.88. The van der Waals surface area contributed by atoms with Gasteiger partial charge in [0, 0.05) is 25.7 Å². The van der Waals surface area contributed by atoms with Crippen molar-refractivity contribution in [3.8, 4) is 0 Å². The topological polar surface area (TPSA) is 44.0 Å². The largest absolute Gasteiger partial charge is 0.305 e. The van der Waals surface area contributed by atoms with E-state index >= 15 is 0 Å². The van der Waals surface area contributed by atoms with E-state index in [-0.39, 0.29) is 16.3 Å². The van der Waals surface area contributed by atoms with Gasteiger partial charge in [0.05, 0.1) is 0 Å². The quantitative estimate of drug-likeness (QED) is 0.690. The fourth-order valence-electron chi connectivity index (χ4n) is 2.64. The molecule has 0 radical (unpaired) electrons. The summed E-state index contributed by atoms with van der Waals surface area (Å²) < 4.78 is 29.3. The fourth-order valence-corrected chi connectivity index (χ4v) is 2.64. The van der Waals surface area contributed by atoms with Gasteiger partial charge in [-0.2, -0.15) is 0 Å². The number of halogens is 2. The molecule has 4 nitrogen and oxygen atoms in total. The lowest BCUT2D eigenvalue weighted by Gasteiger charge is -2.05. The highest BCUT2D eigenvalue weighted by atomic mass is 19.1. The highest BCUT2D eigenvalue weighted by molar-refractivity contribution is 5.50. The number of rotatable bonds is 2. The molecule has 1 aromatic heterocycles. The Bertz CT molecular complexity index is 1210. The van der Waals surface area contributed by atoms with Crippen LogP contribution in [0.25, 0.3) is 12.2 Å². The maximum absolute atomic E-state index is 13.9. The third-order valence-electron chi connectivity index (χ3n) is 4.13. The first kappa shape index (κ1) is 17.5. The molecule has 0 N–H and O–H groups in total. The van der Waals surface area contributed by atoms with E-state index in [2.05, 4.69) is 0 Å². The van der Waals surface area contributed by atoms with Gasteiger partial charge in [0.2, 0.25) is 0 Å². The van der Waals surface area contributed by atoms with Crippen molar-refractivity contribution in [2.45, 2.75) is 0 Å². The fraction of sp³-hybridized carbons (Fsp3) is 0.100. The molecule has 0 saturated carbocycles. The Balaban J connectivity index is 2.32. The van der Waals surface area contributed by atoms with Crippen molar-refractivity contribution in [2.24, 2.45) is 14.1 Å². The van der Waals surface area contributed by atoms with Gasteiger partial charge < -0.3 is 9.13 Å². The van der Waals surface area contributed by atoms with E-state index < -0.39 is 22.8 Å². The van der Waals surface area contributed by atoms with Crippen LogP contribution in [0.2, 0.25) is 0 Å². The number of nitrogens with zero attached hydrogens (tertiary/aromatic N) is 2. The summed E-state index contributed by atoms with van der Waals surface area (Å²) in [5.74, 6) is -1.52. The summed E-state index contributed by atoms with van der Waals surface area (Å²) >= 11 is 0. The van der Waals surface area contributed by atoms with Gasteiger partial charge in [-0.25, -0.2) is 8.78 Å². The molecule has 0 atom stereocenters. The minimum absolute atomic E-state index is 0.00761. The molecule has 0 unspecified atom stereocenters. The normalized spacial score (nSPS) is 12.6. The Kier molecular flexibility index (Phi) is 4.67. The molecule has 0 saturated heterocycles. The van der Waals surface area contributed by atoms with Crippen LogP contribution in [0.3, 0.4) is 0 Å². The molecule has 3 aromatic rings. The van der Waals surface area contributed by atoms with Crippen LogP contribution >= 0.6 is 0 Å². The van der Waals surface area contributed by atoms with Crippen molar-refractivity contribution in [1.29, 1.82) is 0 Å². The minimum atomic E-state index is -0.806. The van der Waals surface area contributed by atoms with Crippen molar-refractivity contribution in [3.05, 3.63) is 103 Å². The van der Waals surface area contributed by atoms with E-state index in [0.717, 1.165) is 17.7 Å². The van der Waals surface area contributed by atoms with Crippen molar-refractivity contribution in [3.63, 3.8) is 0 Å². The molecule has 132 valence electrons. The van der Waals surface area contributed by atoms with Crippen LogP contribution in [0.4, 0.5) is 8.78 Å². The van der Waals surface area contributed by atoms with E-state index in [1.54, 1.807) is 6.08 Å². The smallest absolute Gasteiger partial charge is 0.274 e. The number of hydrogen-bond donors (Lipinski definition) is 0. The van der Waals surface area contributed by atoms with Crippen molar-refractivity contribution in [1.82, 2.24) is 9.13 Å². The molecule has 0 spiro atoms. The van der Waals surface area contributed by atoms with E-state index in [9.17, 15) is 18.4 Å². The van der Waals surface area contributed by atoms with Crippen LogP contribution in [0.15, 0.2) is 58.1 Å². The number of aromatic nitrogens is 2. The minimum Gasteiger partial charge on any atom is -0.305 e. The van der Waals surface area contributed by atoms with Gasteiger partial charge in [-0.15, -0.1) is 0 Å². The first-order chi connectivity index (χ1) is 12.4. The third-order valence-corrected chi connectivity index (χ3v) is 4.13. The molecule has 0 aliphatic rings. The van der Waals surface area contributed by atoms with Crippen molar-refractivity contribution >= 4 is 12.2 Å². The summed E-state index contributed by atoms with van der Waals surface area (Å²) in [5, 5.41) is 0.216. The van der Waals surface area contributed by atoms with Crippen LogP contribution in [0.1, 0.15) is 11.1 Å². The average Bonchev–Trinajstić information content (AvgIpc) is 2.63. The Morgan fingerprint density at radius 1 is 0.808 bits per heavy atom. The zero-order valence-corrected chi connectivity index (χ0v) is 14.2. The molecule has 1 heterocycles. The lowest BCUT2D eigenvalue weighted by atomic mass is 10.2. The van der Waals surface area contributed by atoms with Crippen LogP contribution in [0, 0.1) is 11.6 Å². The predicted octanol–water partition coefficient (Wildman–Crippen LogP) is 1.02. The molecule has 2 aromatic carbocycles. The van der Waals surface area contributed by atoms with Crippen LogP contribution in [0.5, 0.6) is 0 Å². The molecule has 0 aliphatic heterocycles. The van der Waals surface area contributed by atoms with Gasteiger partial charge in [0.25, 0.3) is 11.1 Å². The van der Waals surface area contributed by atoms with Gasteiger partial charge in [0.1, 0.15) is 22.3 Å². The Hall–Kier alpha value is -3.28. The van der Waals surface area contributed by atoms with Gasteiger partial charge in [-0.1, -0.05) is 30.3 Å². The van der Waals surface area contributed by atoms with E-state index in [1.807, 2.05) is 30.3 Å². The molecular weight excluding hydrogens is 338 g/mol. The van der Waals surface area contributed by atoms with Crippen LogP contribution < -0.4 is 21.8 Å². The predicted molar refractivity (Wildman–Crippen MR) is 96.1 cm³/mol. The van der Waals surface area contributed by atoms with Gasteiger partial charge in [-0.05, 0) is 29.8 Å². The lowest BCUT2D eigenvalue weighted by molar-refractivity contribution is 0.581. The van der Waals surface area contributed by atoms with E-state index in [1.165, 1.54) is 35.4 Å². The number of benzene rings is 2. The second-order valence-electron chi connectivity index (χ2n) is 5.86. The molecule has 0 amide bonds. The SMILES string of the molecule is Cn1c(=O)/c(=C/c2ccc(F)cc2F)n(C)c(=O)/c1=C/c1ccccc1. The number of hydrogen-bond acceptors (Lipinski definition) is 2. The summed E-state index contributed by atoms with van der Waals surface area (Å²) in [6, 6.07) is 12.2. The first-order valence-corrected chi connectivity index (χ1v) is 7.88. The molecular formula is C20H16F2N2O2. The molecule has 3 rings (SSSR count). The molecule has 26 heavy (non-hydrogen) atoms. The highest BCUT2D eigenvalue weighted by Crippen LogP contribution is 2.09. The average molecular weight is 354 g/mol. The Morgan fingerprint density at radius 2 is 1.38 bits per heavy atom. The third kappa shape index (κ3) is 3.26. The zero-order valence-electron chi connectivity index (χ0n) is 14.2. The Morgan fingerprint density at radius 3 is 1.96 bits per heavy atom. The Labute approximate surface area is 147 Å². The summed E-state index contributed by atoms with van der Waals surface area (Å²) in [4.78, 5) is 25.4. The standard InChI is InChI=1S/C20H16F2N2O2/c1-23-17(10-13-6-4-3-5-7-13)19(25)24(2)18(20(23)26)11-14-8-9-15(21)12-16(14)22/h3-12H,1-2H3/b17-10-,18-11-. The lowest BCUT2D eigenvalue weighted by Crippen LogP contribution is -2.56. The van der Waals surface area contributed by atoms with Crippen molar-refractivity contribution in [2.75, 3.05) is 0 Å². The van der Waals surface area contributed by atoms with E-state index in [0.29, 0.717) is 0 Å². The van der Waals surface area contributed by atoms with E-state index in [4.69, 9.17) is 0 Å². The maximum Gasteiger partial charge on any atom is 0.274 e. The summed E-state index contributed by atoms with van der Waals surface area (Å²) in [7, 11) is 2.93. The summed E-state index contributed by atoms with van der Waals surface area (Å²) in [6.07, 6.45) is 2.86. The monoisotopic (exact) mass is 354 g/mol. The van der Waals surface area contributed by atoms with Crippen molar-refractivity contribution < 1.29 is 8.78 Å². The summed E-state index contributed by atoms with van der Waals surface area (Å²) in [5.41, 5.74) is -0.0538. The zero-order chi connectivity index (χ0) is 18.8. The second-order valence-corrected chi connectivity index (χ2v) is 5.86. The maximum atomic E-state index is 13.9. The van der Waals surface area contributed by atoms with Gasteiger partial charge in [-0.3, -0.25) is 9.59 Å². The highest BCUT2D eigenvalue weighted by Gasteiger charge is 2.07. The summed E-state index contributed by atoms with van der Waals surface area (Å²) in [6.45, 7) is 0. The van der Waals surface area contributed by atoms with Crippen LogP contribution in [-0.4, -0.2) is 9.13 Å². The molecule has 0 aliphatic carbocycles. The second kappa shape index (κ2) is 6.92. The molecule has 6 heteroatoms. The molecule has 0 bridgehead atoms. The van der Waals surface area contributed by atoms with Crippen LogP contribution in [-0.2, 0) is 14.1 Å². The van der Waals surface area contributed by atoms with Gasteiger partial charge in [0.15, 0.2) is 0 Å².